The quantitative estimate of drug-likeness (QED) is 0.619. The van der Waals surface area contributed by atoms with Gasteiger partial charge < -0.3 is 5.32 Å². The number of aromatic nitrogens is 2. The predicted octanol–water partition coefficient (Wildman–Crippen LogP) is 5.27. The fraction of sp³-hybridized carbons (Fsp3) is 0. The van der Waals surface area contributed by atoms with Gasteiger partial charge in [-0.3, -0.25) is 5.32 Å². The third-order valence-electron chi connectivity index (χ3n) is 2.84. The number of anilines is 2. The van der Waals surface area contributed by atoms with Gasteiger partial charge in [0.15, 0.2) is 0 Å². The summed E-state index contributed by atoms with van der Waals surface area (Å²) in [5.74, 6) is 0. The maximum absolute atomic E-state index is 11.9. The second kappa shape index (κ2) is 7.08. The van der Waals surface area contributed by atoms with Crippen molar-refractivity contribution >= 4 is 55.7 Å². The third kappa shape index (κ3) is 4.28. The van der Waals surface area contributed by atoms with Crippen LogP contribution in [0.5, 0.6) is 0 Å². The van der Waals surface area contributed by atoms with E-state index in [2.05, 4.69) is 36.8 Å². The number of carbonyl (C=O) groups is 1. The molecule has 2 amide bonds. The number of hydrogen-bond donors (Lipinski definition) is 2. The summed E-state index contributed by atoms with van der Waals surface area (Å²) < 4.78 is 0.992. The summed E-state index contributed by atoms with van der Waals surface area (Å²) in [7, 11) is 0. The largest absolute Gasteiger partial charge is 0.325 e. The van der Waals surface area contributed by atoms with E-state index in [1.165, 1.54) is 11.3 Å². The van der Waals surface area contributed by atoms with Crippen LogP contribution in [0.3, 0.4) is 0 Å². The maximum Gasteiger partial charge on any atom is 0.325 e. The van der Waals surface area contributed by atoms with Gasteiger partial charge in [-0.25, -0.2) is 4.79 Å². The standard InChI is InChI=1S/C15H10BrClN4OS/c16-10-3-1-9(2-4-10)13-20-21-15(23-13)19-14(22)18-12-7-5-11(17)6-8-12/h1-8H,(H2,18,19,21,22). The number of benzene rings is 2. The molecule has 0 atom stereocenters. The van der Waals surface area contributed by atoms with Gasteiger partial charge in [0.05, 0.1) is 0 Å². The molecule has 0 radical (unpaired) electrons. The average Bonchev–Trinajstić information content (AvgIpc) is 2.98. The number of carbonyl (C=O) groups excluding carboxylic acids is 1. The number of rotatable bonds is 3. The van der Waals surface area contributed by atoms with E-state index in [9.17, 15) is 4.79 Å². The third-order valence-corrected chi connectivity index (χ3v) is 4.51. The Morgan fingerprint density at radius 3 is 2.39 bits per heavy atom. The van der Waals surface area contributed by atoms with Gasteiger partial charge in [0.1, 0.15) is 5.01 Å². The van der Waals surface area contributed by atoms with Gasteiger partial charge in [-0.1, -0.05) is 51.0 Å². The molecule has 0 bridgehead atoms. The Balaban J connectivity index is 1.65. The molecule has 3 aromatic rings. The van der Waals surface area contributed by atoms with Crippen LogP contribution >= 0.6 is 38.9 Å². The van der Waals surface area contributed by atoms with Crippen LogP contribution in [0.1, 0.15) is 0 Å². The van der Waals surface area contributed by atoms with Crippen molar-refractivity contribution in [1.82, 2.24) is 10.2 Å². The molecule has 0 saturated carbocycles. The van der Waals surface area contributed by atoms with Crippen molar-refractivity contribution in [2.45, 2.75) is 0 Å². The summed E-state index contributed by atoms with van der Waals surface area (Å²) in [6, 6.07) is 14.2. The zero-order chi connectivity index (χ0) is 16.2. The van der Waals surface area contributed by atoms with E-state index in [1.807, 2.05) is 24.3 Å². The summed E-state index contributed by atoms with van der Waals surface area (Å²) in [4.78, 5) is 11.9. The van der Waals surface area contributed by atoms with Crippen molar-refractivity contribution < 1.29 is 4.79 Å². The molecule has 0 saturated heterocycles. The van der Waals surface area contributed by atoms with Gasteiger partial charge in [0.25, 0.3) is 0 Å². The lowest BCUT2D eigenvalue weighted by molar-refractivity contribution is 0.262. The summed E-state index contributed by atoms with van der Waals surface area (Å²) in [6.07, 6.45) is 0. The average molecular weight is 410 g/mol. The molecular weight excluding hydrogens is 400 g/mol. The molecule has 116 valence electrons. The van der Waals surface area contributed by atoms with Crippen LogP contribution in [0.25, 0.3) is 10.6 Å². The molecule has 0 aliphatic carbocycles. The van der Waals surface area contributed by atoms with Crippen LogP contribution in [0, 0.1) is 0 Å². The van der Waals surface area contributed by atoms with E-state index < -0.39 is 0 Å². The van der Waals surface area contributed by atoms with Crippen LogP contribution in [0.2, 0.25) is 5.02 Å². The first-order chi connectivity index (χ1) is 11.1. The molecule has 1 aromatic heterocycles. The number of amides is 2. The number of halogens is 2. The summed E-state index contributed by atoms with van der Waals surface area (Å²) in [5, 5.41) is 15.2. The fourth-order valence-electron chi connectivity index (χ4n) is 1.78. The number of hydrogen-bond acceptors (Lipinski definition) is 4. The van der Waals surface area contributed by atoms with Crippen molar-refractivity contribution in [3.63, 3.8) is 0 Å². The molecule has 2 aromatic carbocycles. The first-order valence-corrected chi connectivity index (χ1v) is 8.52. The van der Waals surface area contributed by atoms with Gasteiger partial charge >= 0.3 is 6.03 Å². The highest BCUT2D eigenvalue weighted by Gasteiger charge is 2.09. The normalized spacial score (nSPS) is 10.3. The Kier molecular flexibility index (Phi) is 4.90. The van der Waals surface area contributed by atoms with E-state index in [0.29, 0.717) is 15.8 Å². The van der Waals surface area contributed by atoms with Crippen molar-refractivity contribution in [2.75, 3.05) is 10.6 Å². The van der Waals surface area contributed by atoms with Gasteiger partial charge in [0, 0.05) is 20.7 Å². The molecular formula is C15H10BrClN4OS. The van der Waals surface area contributed by atoms with E-state index in [0.717, 1.165) is 15.0 Å². The Morgan fingerprint density at radius 1 is 1.00 bits per heavy atom. The molecule has 8 heteroatoms. The zero-order valence-electron chi connectivity index (χ0n) is 11.6. The molecule has 0 unspecified atom stereocenters. The van der Waals surface area contributed by atoms with Crippen molar-refractivity contribution in [3.8, 4) is 10.6 Å². The topological polar surface area (TPSA) is 66.9 Å². The maximum atomic E-state index is 11.9. The van der Waals surface area contributed by atoms with Gasteiger partial charge in [-0.05, 0) is 36.4 Å². The minimum absolute atomic E-state index is 0.383. The van der Waals surface area contributed by atoms with Crippen LogP contribution in [0.15, 0.2) is 53.0 Å². The fourth-order valence-corrected chi connectivity index (χ4v) is 2.91. The van der Waals surface area contributed by atoms with E-state index in [4.69, 9.17) is 11.6 Å². The van der Waals surface area contributed by atoms with Crippen molar-refractivity contribution in [2.24, 2.45) is 0 Å². The lowest BCUT2D eigenvalue weighted by atomic mass is 10.2. The zero-order valence-corrected chi connectivity index (χ0v) is 14.7. The minimum atomic E-state index is -0.383. The molecule has 1 heterocycles. The highest BCUT2D eigenvalue weighted by atomic mass is 79.9. The Hall–Kier alpha value is -1.96. The monoisotopic (exact) mass is 408 g/mol. The molecule has 0 aliphatic rings. The van der Waals surface area contributed by atoms with Crippen molar-refractivity contribution in [3.05, 3.63) is 58.0 Å². The van der Waals surface area contributed by atoms with Crippen LogP contribution in [0.4, 0.5) is 15.6 Å². The molecule has 0 aliphatic heterocycles. The van der Waals surface area contributed by atoms with E-state index in [-0.39, 0.29) is 6.03 Å². The smallest absolute Gasteiger partial charge is 0.308 e. The molecule has 23 heavy (non-hydrogen) atoms. The van der Waals surface area contributed by atoms with Gasteiger partial charge in [-0.2, -0.15) is 0 Å². The van der Waals surface area contributed by atoms with Crippen LogP contribution in [-0.4, -0.2) is 16.2 Å². The lowest BCUT2D eigenvalue weighted by Crippen LogP contribution is -2.19. The minimum Gasteiger partial charge on any atom is -0.308 e. The summed E-state index contributed by atoms with van der Waals surface area (Å²) in [5.41, 5.74) is 1.58. The Bertz CT molecular complexity index is 820. The summed E-state index contributed by atoms with van der Waals surface area (Å²) >= 11 is 10.5. The van der Waals surface area contributed by atoms with Crippen LogP contribution < -0.4 is 10.6 Å². The van der Waals surface area contributed by atoms with Crippen LogP contribution in [-0.2, 0) is 0 Å². The van der Waals surface area contributed by atoms with E-state index >= 15 is 0 Å². The molecule has 3 rings (SSSR count). The first kappa shape index (κ1) is 15.9. The number of nitrogens with zero attached hydrogens (tertiary/aromatic N) is 2. The van der Waals surface area contributed by atoms with Gasteiger partial charge in [0.2, 0.25) is 5.13 Å². The molecule has 0 spiro atoms. The highest BCUT2D eigenvalue weighted by molar-refractivity contribution is 9.10. The molecule has 2 N–H and O–H groups in total. The molecule has 5 nitrogen and oxygen atoms in total. The Labute approximate surface area is 149 Å². The first-order valence-electron chi connectivity index (χ1n) is 6.53. The van der Waals surface area contributed by atoms with Crippen molar-refractivity contribution in [1.29, 1.82) is 0 Å². The SMILES string of the molecule is O=C(Nc1ccc(Cl)cc1)Nc1nnc(-c2ccc(Br)cc2)s1. The Morgan fingerprint density at radius 2 is 1.70 bits per heavy atom. The molecule has 0 fully saturated rings. The predicted molar refractivity (Wildman–Crippen MR) is 97.1 cm³/mol. The second-order valence-electron chi connectivity index (χ2n) is 4.51. The van der Waals surface area contributed by atoms with Gasteiger partial charge in [-0.15, -0.1) is 10.2 Å². The van der Waals surface area contributed by atoms with E-state index in [1.54, 1.807) is 24.3 Å². The number of urea groups is 1. The highest BCUT2D eigenvalue weighted by Crippen LogP contribution is 2.27. The second-order valence-corrected chi connectivity index (χ2v) is 6.83. The lowest BCUT2D eigenvalue weighted by Gasteiger charge is -2.04. The number of nitrogens with one attached hydrogen (secondary N) is 2. The summed E-state index contributed by atoms with van der Waals surface area (Å²) in [6.45, 7) is 0.